The Morgan fingerprint density at radius 1 is 1.16 bits per heavy atom. The van der Waals surface area contributed by atoms with E-state index in [1.807, 2.05) is 18.2 Å². The summed E-state index contributed by atoms with van der Waals surface area (Å²) in [5, 5.41) is 10.6. The number of carbonyl (C=O) groups excluding carboxylic acids is 2. The van der Waals surface area contributed by atoms with Gasteiger partial charge in [-0.2, -0.15) is 0 Å². The summed E-state index contributed by atoms with van der Waals surface area (Å²) in [5.74, 6) is 6.02. The highest BCUT2D eigenvalue weighted by Crippen LogP contribution is 2.31. The van der Waals surface area contributed by atoms with Crippen LogP contribution in [0.5, 0.6) is 0 Å². The minimum Gasteiger partial charge on any atom is -0.391 e. The molecule has 0 spiro atoms. The van der Waals surface area contributed by atoms with Crippen LogP contribution in [0.1, 0.15) is 37.5 Å². The first-order valence-corrected chi connectivity index (χ1v) is 12.2. The number of aromatic amines is 1. The first-order valence-electron chi connectivity index (χ1n) is 11.9. The molecule has 3 aromatic rings. The number of hydrogen-bond acceptors (Lipinski definition) is 8. The number of H-pyrrole nitrogens is 1. The minimum atomic E-state index is -0.559. The van der Waals surface area contributed by atoms with Crippen molar-refractivity contribution in [3.63, 3.8) is 0 Å². The van der Waals surface area contributed by atoms with Crippen molar-refractivity contribution in [3.8, 4) is 11.3 Å². The Hall–Kier alpha value is -4.22. The fraction of sp³-hybridized carbons (Fsp3) is 0.240. The fourth-order valence-corrected chi connectivity index (χ4v) is 4.32. The molecule has 0 aliphatic carbocycles. The van der Waals surface area contributed by atoms with E-state index < -0.39 is 11.9 Å². The normalized spacial score (nSPS) is 16.1. The van der Waals surface area contributed by atoms with E-state index in [2.05, 4.69) is 25.9 Å². The van der Waals surface area contributed by atoms with Gasteiger partial charge in [0.25, 0.3) is 5.91 Å². The summed E-state index contributed by atoms with van der Waals surface area (Å²) in [6.07, 6.45) is 5.74. The molecule has 12 heteroatoms. The van der Waals surface area contributed by atoms with Gasteiger partial charge in [-0.05, 0) is 49.2 Å². The summed E-state index contributed by atoms with van der Waals surface area (Å²) in [6, 6.07) is 11.9. The number of carbonyl (C=O) groups is 2. The zero-order chi connectivity index (χ0) is 26.4. The molecule has 1 unspecified atom stereocenters. The van der Waals surface area contributed by atoms with Gasteiger partial charge in [-0.3, -0.25) is 14.6 Å². The van der Waals surface area contributed by atoms with Gasteiger partial charge in [0.1, 0.15) is 17.3 Å². The maximum atomic E-state index is 13.1. The minimum absolute atomic E-state index is 0.104. The van der Waals surface area contributed by atoms with Gasteiger partial charge in [-0.25, -0.2) is 10.8 Å². The lowest BCUT2D eigenvalue weighted by Gasteiger charge is -2.22. The third-order valence-electron chi connectivity index (χ3n) is 6.12. The van der Waals surface area contributed by atoms with Gasteiger partial charge in [0.2, 0.25) is 6.41 Å². The molecule has 0 saturated carbocycles. The lowest BCUT2D eigenvalue weighted by molar-refractivity contribution is -0.118. The van der Waals surface area contributed by atoms with Gasteiger partial charge in [0.15, 0.2) is 0 Å². The monoisotopic (exact) mass is 523 g/mol. The van der Waals surface area contributed by atoms with Crippen LogP contribution in [-0.2, 0) is 9.59 Å². The van der Waals surface area contributed by atoms with Crippen molar-refractivity contribution in [2.75, 3.05) is 22.2 Å². The van der Waals surface area contributed by atoms with Crippen molar-refractivity contribution >= 4 is 41.0 Å². The quantitative estimate of drug-likeness (QED) is 0.111. The second kappa shape index (κ2) is 11.7. The molecule has 0 radical (unpaired) electrons. The predicted octanol–water partition coefficient (Wildman–Crippen LogP) is 2.91. The zero-order valence-electron chi connectivity index (χ0n) is 20.1. The van der Waals surface area contributed by atoms with Crippen LogP contribution in [0.15, 0.2) is 60.2 Å². The number of hydrazine groups is 1. The Morgan fingerprint density at radius 2 is 2.00 bits per heavy atom. The molecule has 2 aromatic carbocycles. The van der Waals surface area contributed by atoms with Crippen molar-refractivity contribution in [2.45, 2.75) is 31.7 Å². The second-order valence-corrected chi connectivity index (χ2v) is 9.09. The van der Waals surface area contributed by atoms with Gasteiger partial charge in [0.05, 0.1) is 23.6 Å². The lowest BCUT2D eigenvalue weighted by Crippen LogP contribution is -2.41. The molecule has 2 bridgehead atoms. The van der Waals surface area contributed by atoms with Gasteiger partial charge < -0.3 is 32.4 Å². The van der Waals surface area contributed by atoms with E-state index >= 15 is 0 Å². The molecule has 0 saturated heterocycles. The van der Waals surface area contributed by atoms with E-state index in [0.717, 1.165) is 47.8 Å². The maximum Gasteiger partial charge on any atom is 0.271 e. The zero-order valence-corrected chi connectivity index (χ0v) is 20.9. The summed E-state index contributed by atoms with van der Waals surface area (Å²) in [5.41, 5.74) is 15.7. The molecule has 1 atom stereocenters. The highest BCUT2D eigenvalue weighted by molar-refractivity contribution is 6.30. The summed E-state index contributed by atoms with van der Waals surface area (Å²) in [4.78, 5) is 31.8. The summed E-state index contributed by atoms with van der Waals surface area (Å²) in [6.45, 7) is 0.762. The number of amides is 2. The molecule has 1 aliphatic heterocycles. The van der Waals surface area contributed by atoms with Gasteiger partial charge >= 0.3 is 0 Å². The van der Waals surface area contributed by atoms with Crippen molar-refractivity contribution in [3.05, 3.63) is 71.0 Å². The summed E-state index contributed by atoms with van der Waals surface area (Å²) >= 11 is 6.03. The molecular formula is C25H30ClN9O2. The van der Waals surface area contributed by atoms with Crippen LogP contribution in [0.4, 0.5) is 17.1 Å². The topological polar surface area (TPSA) is 180 Å². The molecule has 10 N–H and O–H groups in total. The fourth-order valence-electron chi connectivity index (χ4n) is 4.13. The van der Waals surface area contributed by atoms with Crippen molar-refractivity contribution in [2.24, 2.45) is 17.3 Å². The van der Waals surface area contributed by atoms with Crippen LogP contribution in [-0.4, -0.2) is 28.8 Å². The smallest absolute Gasteiger partial charge is 0.271 e. The highest BCUT2D eigenvalue weighted by Gasteiger charge is 2.23. The number of aromatic nitrogens is 2. The van der Waals surface area contributed by atoms with Gasteiger partial charge in [-0.15, -0.1) is 0 Å². The molecule has 2 amide bonds. The lowest BCUT2D eigenvalue weighted by atomic mass is 10.1. The van der Waals surface area contributed by atoms with Crippen LogP contribution in [0.3, 0.4) is 0 Å². The molecule has 2 heterocycles. The van der Waals surface area contributed by atoms with E-state index in [-0.39, 0.29) is 11.5 Å². The van der Waals surface area contributed by atoms with E-state index in [1.54, 1.807) is 30.5 Å². The average molecular weight is 524 g/mol. The van der Waals surface area contributed by atoms with Gasteiger partial charge in [0, 0.05) is 28.5 Å². The van der Waals surface area contributed by atoms with Crippen molar-refractivity contribution < 1.29 is 9.59 Å². The van der Waals surface area contributed by atoms with Crippen molar-refractivity contribution in [1.82, 2.24) is 15.3 Å². The highest BCUT2D eigenvalue weighted by atomic mass is 35.5. The van der Waals surface area contributed by atoms with Crippen LogP contribution >= 0.6 is 11.6 Å². The Labute approximate surface area is 219 Å². The summed E-state index contributed by atoms with van der Waals surface area (Å²) in [7, 11) is 0. The second-order valence-electron chi connectivity index (χ2n) is 8.66. The number of nitrogens with one attached hydrogen (secondary N) is 4. The first kappa shape index (κ1) is 25.9. The molecule has 37 heavy (non-hydrogen) atoms. The number of fused-ring (bicyclic) bond motifs is 4. The Bertz CT molecular complexity index is 1310. The number of nitrogens with two attached hydrogens (primary N) is 3. The number of rotatable bonds is 6. The SMILES string of the molecule is N/C(C(=O)NC1CCCCCNc2cc(NC=O)ccc2-c2cnc1[nH]2)=C(/N)N(N)c1cccc(Cl)c1. The van der Waals surface area contributed by atoms with Crippen LogP contribution in [0.2, 0.25) is 5.02 Å². The molecule has 11 nitrogen and oxygen atoms in total. The molecule has 1 aliphatic rings. The van der Waals surface area contributed by atoms with E-state index in [9.17, 15) is 9.59 Å². The van der Waals surface area contributed by atoms with Crippen LogP contribution in [0.25, 0.3) is 11.3 Å². The number of halogens is 1. The number of hydrogen-bond donors (Lipinski definition) is 7. The first-order chi connectivity index (χ1) is 17.9. The van der Waals surface area contributed by atoms with Crippen LogP contribution < -0.4 is 38.3 Å². The van der Waals surface area contributed by atoms with Crippen LogP contribution in [0, 0.1) is 0 Å². The Morgan fingerprint density at radius 3 is 2.78 bits per heavy atom. The van der Waals surface area contributed by atoms with E-state index in [0.29, 0.717) is 35.1 Å². The third kappa shape index (κ3) is 6.13. The largest absolute Gasteiger partial charge is 0.391 e. The van der Waals surface area contributed by atoms with Crippen molar-refractivity contribution in [1.29, 1.82) is 0 Å². The number of benzene rings is 2. The number of anilines is 3. The van der Waals surface area contributed by atoms with Gasteiger partial charge in [-0.1, -0.05) is 30.5 Å². The molecule has 4 rings (SSSR count). The number of nitrogens with zero attached hydrogens (tertiary/aromatic N) is 2. The molecule has 194 valence electrons. The predicted molar refractivity (Wildman–Crippen MR) is 145 cm³/mol. The van der Waals surface area contributed by atoms with E-state index in [4.69, 9.17) is 28.9 Å². The third-order valence-corrected chi connectivity index (χ3v) is 6.35. The standard InChI is InChI=1S/C25H30ClN9O2/c26-15-5-4-6-17(11-15)35(29)23(28)22(27)25(37)34-19-7-2-1-3-10-30-20-12-16(32-14-36)8-9-18(20)21-13-31-24(19)33-21/h4-6,8-9,11-14,19,30H,1-3,7,10,27-29H2,(H,31,33)(H,32,36)(H,34,37)/b23-22-. The number of imidazole rings is 1. The molecule has 0 fully saturated rings. The maximum absolute atomic E-state index is 13.1. The summed E-state index contributed by atoms with van der Waals surface area (Å²) < 4.78 is 0. The van der Waals surface area contributed by atoms with E-state index in [1.165, 1.54) is 0 Å². The molecule has 1 aromatic heterocycles. The molecular weight excluding hydrogens is 494 g/mol. The Balaban J connectivity index is 1.58. The Kier molecular flexibility index (Phi) is 8.16. The average Bonchev–Trinajstić information content (AvgIpc) is 3.38.